The van der Waals surface area contributed by atoms with Crippen molar-refractivity contribution in [2.75, 3.05) is 19.4 Å². The third-order valence-electron chi connectivity index (χ3n) is 2.87. The maximum atomic E-state index is 11.8. The normalized spacial score (nSPS) is 11.6. The number of urea groups is 1. The fourth-order valence-corrected chi connectivity index (χ4v) is 1.88. The van der Waals surface area contributed by atoms with Gasteiger partial charge in [-0.2, -0.15) is 0 Å². The molecule has 1 aromatic carbocycles. The summed E-state index contributed by atoms with van der Waals surface area (Å²) in [5, 5.41) is 5.60. The molecule has 0 heterocycles. The Morgan fingerprint density at radius 2 is 2.00 bits per heavy atom. The van der Waals surface area contributed by atoms with E-state index in [1.807, 2.05) is 6.92 Å². The summed E-state index contributed by atoms with van der Waals surface area (Å²) >= 11 is 0. The van der Waals surface area contributed by atoms with Crippen molar-refractivity contribution < 1.29 is 9.59 Å². The molecule has 2 N–H and O–H groups in total. The lowest BCUT2D eigenvalue weighted by molar-refractivity contribution is 0.0827. The zero-order valence-corrected chi connectivity index (χ0v) is 12.6. The van der Waals surface area contributed by atoms with Crippen molar-refractivity contribution in [3.63, 3.8) is 0 Å². The third-order valence-corrected chi connectivity index (χ3v) is 2.87. The minimum Gasteiger partial charge on any atom is -0.345 e. The molecule has 0 aliphatic heterocycles. The second-order valence-electron chi connectivity index (χ2n) is 5.07. The molecule has 20 heavy (non-hydrogen) atoms. The Kier molecular flexibility index (Phi) is 6.03. The Morgan fingerprint density at radius 3 is 2.60 bits per heavy atom. The number of nitrogens with zero attached hydrogens (tertiary/aromatic N) is 1. The van der Waals surface area contributed by atoms with Crippen molar-refractivity contribution >= 4 is 17.6 Å². The quantitative estimate of drug-likeness (QED) is 0.869. The van der Waals surface area contributed by atoms with Gasteiger partial charge in [0.2, 0.25) is 0 Å². The first-order valence-electron chi connectivity index (χ1n) is 6.83. The number of benzene rings is 1. The van der Waals surface area contributed by atoms with Crippen LogP contribution in [0.2, 0.25) is 0 Å². The number of amides is 3. The SMILES string of the molecule is CCC[C@@H](C)NC(=O)Nc1cccc(C(=O)N(C)C)c1. The van der Waals surface area contributed by atoms with Crippen molar-refractivity contribution in [3.8, 4) is 0 Å². The molecule has 0 aliphatic carbocycles. The Labute approximate surface area is 120 Å². The average Bonchev–Trinajstić information content (AvgIpc) is 2.37. The van der Waals surface area contributed by atoms with E-state index in [1.54, 1.807) is 38.4 Å². The van der Waals surface area contributed by atoms with E-state index < -0.39 is 0 Å². The van der Waals surface area contributed by atoms with Gasteiger partial charge in [-0.3, -0.25) is 4.79 Å². The van der Waals surface area contributed by atoms with Gasteiger partial charge in [-0.1, -0.05) is 19.4 Å². The summed E-state index contributed by atoms with van der Waals surface area (Å²) in [6.45, 7) is 4.04. The molecule has 0 aromatic heterocycles. The van der Waals surface area contributed by atoms with Crippen molar-refractivity contribution in [2.45, 2.75) is 32.7 Å². The van der Waals surface area contributed by atoms with E-state index in [1.165, 1.54) is 4.90 Å². The van der Waals surface area contributed by atoms with Gasteiger partial charge in [-0.15, -0.1) is 0 Å². The second kappa shape index (κ2) is 7.53. The van der Waals surface area contributed by atoms with E-state index in [2.05, 4.69) is 17.6 Å². The van der Waals surface area contributed by atoms with Crippen molar-refractivity contribution in [2.24, 2.45) is 0 Å². The molecular weight excluding hydrogens is 254 g/mol. The maximum absolute atomic E-state index is 11.8. The van der Waals surface area contributed by atoms with Gasteiger partial charge in [-0.05, 0) is 31.5 Å². The summed E-state index contributed by atoms with van der Waals surface area (Å²) in [7, 11) is 3.39. The average molecular weight is 277 g/mol. The van der Waals surface area contributed by atoms with Crippen molar-refractivity contribution in [1.82, 2.24) is 10.2 Å². The van der Waals surface area contributed by atoms with E-state index in [4.69, 9.17) is 0 Å². The molecule has 0 saturated carbocycles. The molecule has 0 unspecified atom stereocenters. The number of carbonyl (C=O) groups is 2. The Hall–Kier alpha value is -2.04. The van der Waals surface area contributed by atoms with Gasteiger partial charge in [-0.25, -0.2) is 4.79 Å². The topological polar surface area (TPSA) is 61.4 Å². The zero-order chi connectivity index (χ0) is 15.1. The first-order valence-corrected chi connectivity index (χ1v) is 6.83. The van der Waals surface area contributed by atoms with Crippen LogP contribution in [-0.2, 0) is 0 Å². The molecule has 5 nitrogen and oxygen atoms in total. The number of carbonyl (C=O) groups excluding carboxylic acids is 2. The van der Waals surface area contributed by atoms with Crippen LogP contribution in [0.4, 0.5) is 10.5 Å². The second-order valence-corrected chi connectivity index (χ2v) is 5.07. The molecule has 0 saturated heterocycles. The highest BCUT2D eigenvalue weighted by atomic mass is 16.2. The highest BCUT2D eigenvalue weighted by molar-refractivity contribution is 5.96. The molecule has 0 spiro atoms. The Bertz CT molecular complexity index is 472. The highest BCUT2D eigenvalue weighted by Gasteiger charge is 2.10. The van der Waals surface area contributed by atoms with E-state index >= 15 is 0 Å². The predicted octanol–water partition coefficient (Wildman–Crippen LogP) is 2.70. The van der Waals surface area contributed by atoms with Gasteiger partial charge < -0.3 is 15.5 Å². The molecule has 3 amide bonds. The van der Waals surface area contributed by atoms with E-state index in [-0.39, 0.29) is 18.0 Å². The number of nitrogens with one attached hydrogen (secondary N) is 2. The minimum absolute atomic E-state index is 0.0894. The van der Waals surface area contributed by atoms with Gasteiger partial charge in [0.1, 0.15) is 0 Å². The van der Waals surface area contributed by atoms with Crippen LogP contribution in [0.25, 0.3) is 0 Å². The lowest BCUT2D eigenvalue weighted by atomic mass is 10.2. The summed E-state index contributed by atoms with van der Waals surface area (Å²) < 4.78 is 0. The van der Waals surface area contributed by atoms with Crippen LogP contribution in [0.1, 0.15) is 37.0 Å². The minimum atomic E-state index is -0.250. The molecule has 1 rings (SSSR count). The van der Waals surface area contributed by atoms with Gasteiger partial charge in [0.05, 0.1) is 0 Å². The summed E-state index contributed by atoms with van der Waals surface area (Å²) in [4.78, 5) is 25.1. The van der Waals surface area contributed by atoms with Crippen LogP contribution in [0.5, 0.6) is 0 Å². The number of hydrogen-bond donors (Lipinski definition) is 2. The molecule has 1 atom stereocenters. The van der Waals surface area contributed by atoms with E-state index in [0.29, 0.717) is 11.3 Å². The fraction of sp³-hybridized carbons (Fsp3) is 0.467. The van der Waals surface area contributed by atoms with Crippen molar-refractivity contribution in [3.05, 3.63) is 29.8 Å². The monoisotopic (exact) mass is 277 g/mol. The molecule has 0 aliphatic rings. The van der Waals surface area contributed by atoms with Gasteiger partial charge in [0.15, 0.2) is 0 Å². The van der Waals surface area contributed by atoms with Crippen molar-refractivity contribution in [1.29, 1.82) is 0 Å². The smallest absolute Gasteiger partial charge is 0.319 e. The zero-order valence-electron chi connectivity index (χ0n) is 12.6. The maximum Gasteiger partial charge on any atom is 0.319 e. The third kappa shape index (κ3) is 4.91. The standard InChI is InChI=1S/C15H23N3O2/c1-5-7-11(2)16-15(20)17-13-9-6-8-12(10-13)14(19)18(3)4/h6,8-11H,5,7H2,1-4H3,(H2,16,17,20)/t11-/m1/s1. The molecular formula is C15H23N3O2. The lowest BCUT2D eigenvalue weighted by Gasteiger charge is -2.14. The van der Waals surface area contributed by atoms with Crippen LogP contribution in [0.15, 0.2) is 24.3 Å². The molecule has 5 heteroatoms. The first-order chi connectivity index (χ1) is 9.43. The van der Waals surface area contributed by atoms with Gasteiger partial charge in [0.25, 0.3) is 5.91 Å². The fourth-order valence-electron chi connectivity index (χ4n) is 1.88. The molecule has 110 valence electrons. The molecule has 0 radical (unpaired) electrons. The van der Waals surface area contributed by atoms with E-state index in [9.17, 15) is 9.59 Å². The Morgan fingerprint density at radius 1 is 1.30 bits per heavy atom. The summed E-state index contributed by atoms with van der Waals surface area (Å²) in [6, 6.07) is 6.79. The Balaban J connectivity index is 2.66. The van der Waals surface area contributed by atoms with Crippen LogP contribution in [-0.4, -0.2) is 37.0 Å². The van der Waals surface area contributed by atoms with Crippen LogP contribution < -0.4 is 10.6 Å². The van der Waals surface area contributed by atoms with Gasteiger partial charge in [0, 0.05) is 31.4 Å². The summed E-state index contributed by atoms with van der Waals surface area (Å²) in [5.41, 5.74) is 1.16. The first kappa shape index (κ1) is 16.0. The lowest BCUT2D eigenvalue weighted by Crippen LogP contribution is -2.36. The number of rotatable bonds is 5. The van der Waals surface area contributed by atoms with Crippen LogP contribution in [0, 0.1) is 0 Å². The van der Waals surface area contributed by atoms with Crippen LogP contribution in [0.3, 0.4) is 0 Å². The summed E-state index contributed by atoms with van der Waals surface area (Å²) in [5.74, 6) is -0.0894. The van der Waals surface area contributed by atoms with E-state index in [0.717, 1.165) is 12.8 Å². The van der Waals surface area contributed by atoms with Crippen LogP contribution >= 0.6 is 0 Å². The molecule has 0 fully saturated rings. The van der Waals surface area contributed by atoms with Gasteiger partial charge >= 0.3 is 6.03 Å². The molecule has 0 bridgehead atoms. The number of anilines is 1. The molecule has 1 aromatic rings. The largest absolute Gasteiger partial charge is 0.345 e. The highest BCUT2D eigenvalue weighted by Crippen LogP contribution is 2.12. The predicted molar refractivity (Wildman–Crippen MR) is 81.0 cm³/mol. The number of hydrogen-bond acceptors (Lipinski definition) is 2. The summed E-state index contributed by atoms with van der Waals surface area (Å²) in [6.07, 6.45) is 1.96.